The molecule has 2 amide bonds. The normalized spacial score (nSPS) is 18.2. The summed E-state index contributed by atoms with van der Waals surface area (Å²) >= 11 is 0. The lowest BCUT2D eigenvalue weighted by Gasteiger charge is -2.42. The van der Waals surface area contributed by atoms with Crippen LogP contribution in [0.1, 0.15) is 76.8 Å². The first-order chi connectivity index (χ1) is 22.1. The molecule has 1 aliphatic heterocycles. The van der Waals surface area contributed by atoms with Gasteiger partial charge in [-0.2, -0.15) is 13.2 Å². The fraction of sp³-hybridized carbons (Fsp3) is 0.316. The van der Waals surface area contributed by atoms with E-state index < -0.39 is 29.6 Å². The highest BCUT2D eigenvalue weighted by molar-refractivity contribution is 6.09. The Labute approximate surface area is 267 Å². The van der Waals surface area contributed by atoms with Gasteiger partial charge in [0.25, 0.3) is 5.91 Å². The molecule has 0 radical (unpaired) electrons. The second-order valence-electron chi connectivity index (χ2n) is 12.3. The third kappa shape index (κ3) is 6.39. The number of amides is 2. The summed E-state index contributed by atoms with van der Waals surface area (Å²) in [4.78, 5) is 30.4. The number of carbonyl (C=O) groups is 2. The van der Waals surface area contributed by atoms with Gasteiger partial charge in [-0.15, -0.1) is 0 Å². The minimum atomic E-state index is -4.55. The lowest BCUT2D eigenvalue weighted by Crippen LogP contribution is -2.47. The number of rotatable bonds is 7. The summed E-state index contributed by atoms with van der Waals surface area (Å²) in [6.07, 6.45) is 0.626. The fourth-order valence-corrected chi connectivity index (χ4v) is 6.94. The first-order valence-corrected chi connectivity index (χ1v) is 16.0. The van der Waals surface area contributed by atoms with Gasteiger partial charge in [0, 0.05) is 28.7 Å². The molecule has 2 atom stereocenters. The molecule has 1 heterocycles. The molecule has 1 saturated carbocycles. The zero-order chi connectivity index (χ0) is 32.4. The Morgan fingerprint density at radius 1 is 0.870 bits per heavy atom. The molecule has 1 aliphatic carbocycles. The number of hydrogen-bond donors (Lipinski definition) is 2. The zero-order valence-electron chi connectivity index (χ0n) is 26.0. The van der Waals surface area contributed by atoms with E-state index >= 15 is 0 Å². The number of alkyl halides is 3. The summed E-state index contributed by atoms with van der Waals surface area (Å²) < 4.78 is 41.7. The van der Waals surface area contributed by atoms with E-state index in [0.29, 0.717) is 23.7 Å². The third-order valence-electron chi connectivity index (χ3n) is 9.32. The second kappa shape index (κ2) is 13.0. The molecule has 2 aliphatic rings. The van der Waals surface area contributed by atoms with E-state index in [1.54, 1.807) is 17.9 Å². The van der Waals surface area contributed by atoms with Crippen LogP contribution in [0, 0.1) is 12.8 Å². The molecule has 6 rings (SSSR count). The number of benzene rings is 4. The van der Waals surface area contributed by atoms with Crippen molar-refractivity contribution in [2.24, 2.45) is 5.92 Å². The van der Waals surface area contributed by atoms with Crippen LogP contribution in [0.3, 0.4) is 0 Å². The van der Waals surface area contributed by atoms with Crippen molar-refractivity contribution >= 4 is 28.9 Å². The molecular formula is C38H38F3N3O2. The van der Waals surface area contributed by atoms with Crippen molar-refractivity contribution in [3.8, 4) is 0 Å². The summed E-state index contributed by atoms with van der Waals surface area (Å²) in [5.41, 5.74) is 4.07. The Hall–Kier alpha value is -4.59. The first kappa shape index (κ1) is 31.4. The van der Waals surface area contributed by atoms with E-state index in [4.69, 9.17) is 0 Å². The number of halogens is 3. The van der Waals surface area contributed by atoms with Crippen LogP contribution in [-0.4, -0.2) is 17.9 Å². The predicted molar refractivity (Wildman–Crippen MR) is 176 cm³/mol. The van der Waals surface area contributed by atoms with E-state index in [1.807, 2.05) is 73.7 Å². The Morgan fingerprint density at radius 3 is 2.24 bits per heavy atom. The van der Waals surface area contributed by atoms with Gasteiger partial charge in [-0.05, 0) is 91.3 Å². The Bertz CT molecular complexity index is 1730. The van der Waals surface area contributed by atoms with Gasteiger partial charge in [-0.3, -0.25) is 14.5 Å². The Morgan fingerprint density at radius 2 is 1.54 bits per heavy atom. The molecule has 5 nitrogen and oxygen atoms in total. The minimum Gasteiger partial charge on any atom is -0.382 e. The molecule has 0 unspecified atom stereocenters. The number of aryl methyl sites for hydroxylation is 2. The number of nitrogens with zero attached hydrogens (tertiary/aromatic N) is 1. The molecule has 2 N–H and O–H groups in total. The molecular weight excluding hydrogens is 587 g/mol. The van der Waals surface area contributed by atoms with Crippen molar-refractivity contribution < 1.29 is 22.8 Å². The summed E-state index contributed by atoms with van der Waals surface area (Å²) in [6, 6.07) is 26.4. The predicted octanol–water partition coefficient (Wildman–Crippen LogP) is 9.13. The summed E-state index contributed by atoms with van der Waals surface area (Å²) in [6.45, 7) is 3.55. The largest absolute Gasteiger partial charge is 0.416 e. The average molecular weight is 626 g/mol. The van der Waals surface area contributed by atoms with Crippen molar-refractivity contribution in [3.63, 3.8) is 0 Å². The number of fused-ring (bicyclic) bond motifs is 1. The van der Waals surface area contributed by atoms with Gasteiger partial charge in [-0.1, -0.05) is 74.4 Å². The highest BCUT2D eigenvalue weighted by Crippen LogP contribution is 2.44. The van der Waals surface area contributed by atoms with Crippen molar-refractivity contribution in [3.05, 3.63) is 124 Å². The molecule has 238 valence electrons. The molecule has 4 aromatic carbocycles. The summed E-state index contributed by atoms with van der Waals surface area (Å²) in [5.74, 6) is -1.47. The molecule has 46 heavy (non-hydrogen) atoms. The summed E-state index contributed by atoms with van der Waals surface area (Å²) in [5, 5.41) is 6.38. The van der Waals surface area contributed by atoms with Crippen LogP contribution < -0.4 is 15.5 Å². The van der Waals surface area contributed by atoms with Gasteiger partial charge in [0.15, 0.2) is 0 Å². The molecule has 4 aromatic rings. The average Bonchev–Trinajstić information content (AvgIpc) is 3.57. The van der Waals surface area contributed by atoms with Crippen LogP contribution in [0.25, 0.3) is 0 Å². The van der Waals surface area contributed by atoms with Crippen LogP contribution in [-0.2, 0) is 23.8 Å². The number of anilines is 3. The smallest absolute Gasteiger partial charge is 0.382 e. The highest BCUT2D eigenvalue weighted by atomic mass is 19.4. The van der Waals surface area contributed by atoms with Crippen LogP contribution >= 0.6 is 0 Å². The standard InChI is InChI=1S/C38H38F3N3O2/c1-3-25-16-21-30(23-33(25)38(39,40)41)43-36(45)32-22-27-11-5-9-15-34(27)44(37(46)31-14-8-4-10-24(31)2)35(32)26-17-19-29(20-18-26)42-28-12-6-7-13-28/h4-5,8-11,14-21,23,28,32,35,42H,3,6-7,12-13,22H2,1-2H3,(H,43,45)/t32-,35-/m0/s1. The molecule has 0 saturated heterocycles. The lowest BCUT2D eigenvalue weighted by atomic mass is 9.80. The van der Waals surface area contributed by atoms with E-state index in [0.717, 1.165) is 41.3 Å². The first-order valence-electron chi connectivity index (χ1n) is 16.0. The SMILES string of the molecule is CCc1ccc(NC(=O)[C@H]2Cc3ccccc3N(C(=O)c3ccccc3C)[C@H]2c2ccc(NC3CCCC3)cc2)cc1C(F)(F)F. The molecule has 0 aromatic heterocycles. The van der Waals surface area contributed by atoms with E-state index in [1.165, 1.54) is 25.0 Å². The molecule has 1 fully saturated rings. The summed E-state index contributed by atoms with van der Waals surface area (Å²) in [7, 11) is 0. The van der Waals surface area contributed by atoms with Crippen LogP contribution in [0.15, 0.2) is 91.0 Å². The maximum Gasteiger partial charge on any atom is 0.416 e. The number of para-hydroxylation sites is 1. The van der Waals surface area contributed by atoms with E-state index in [2.05, 4.69) is 10.6 Å². The van der Waals surface area contributed by atoms with E-state index in [9.17, 15) is 22.8 Å². The van der Waals surface area contributed by atoms with Gasteiger partial charge in [-0.25, -0.2) is 0 Å². The highest BCUT2D eigenvalue weighted by Gasteiger charge is 2.43. The second-order valence-corrected chi connectivity index (χ2v) is 12.3. The monoisotopic (exact) mass is 625 g/mol. The van der Waals surface area contributed by atoms with Crippen molar-refractivity contribution in [2.75, 3.05) is 15.5 Å². The van der Waals surface area contributed by atoms with Gasteiger partial charge in [0.05, 0.1) is 17.5 Å². The molecule has 0 bridgehead atoms. The van der Waals surface area contributed by atoms with Crippen molar-refractivity contribution in [1.29, 1.82) is 0 Å². The van der Waals surface area contributed by atoms with E-state index in [-0.39, 0.29) is 23.6 Å². The zero-order valence-corrected chi connectivity index (χ0v) is 26.0. The van der Waals surface area contributed by atoms with Gasteiger partial charge < -0.3 is 10.6 Å². The van der Waals surface area contributed by atoms with Gasteiger partial charge >= 0.3 is 6.18 Å². The molecule has 8 heteroatoms. The van der Waals surface area contributed by atoms with Gasteiger partial charge in [0.1, 0.15) is 0 Å². The van der Waals surface area contributed by atoms with Gasteiger partial charge in [0.2, 0.25) is 5.91 Å². The number of hydrogen-bond acceptors (Lipinski definition) is 3. The third-order valence-corrected chi connectivity index (χ3v) is 9.32. The Balaban J connectivity index is 1.42. The minimum absolute atomic E-state index is 0.0695. The Kier molecular flexibility index (Phi) is 8.89. The maximum atomic E-state index is 14.5. The number of nitrogens with one attached hydrogen (secondary N) is 2. The van der Waals surface area contributed by atoms with Crippen molar-refractivity contribution in [2.45, 2.75) is 70.6 Å². The van der Waals surface area contributed by atoms with Crippen LogP contribution in [0.5, 0.6) is 0 Å². The fourth-order valence-electron chi connectivity index (χ4n) is 6.94. The van der Waals surface area contributed by atoms with Crippen LogP contribution in [0.2, 0.25) is 0 Å². The topological polar surface area (TPSA) is 61.4 Å². The van der Waals surface area contributed by atoms with Crippen molar-refractivity contribution in [1.82, 2.24) is 0 Å². The molecule has 0 spiro atoms. The van der Waals surface area contributed by atoms with Crippen LogP contribution in [0.4, 0.5) is 30.2 Å². The lowest BCUT2D eigenvalue weighted by molar-refractivity contribution is -0.138. The quantitative estimate of drug-likeness (QED) is 0.215. The number of carbonyl (C=O) groups excluding carboxylic acids is 2. The maximum absolute atomic E-state index is 14.5.